The third-order valence-corrected chi connectivity index (χ3v) is 5.08. The van der Waals surface area contributed by atoms with Crippen LogP contribution in [0.1, 0.15) is 24.5 Å². The minimum Gasteiger partial charge on any atom is -0.300 e. The van der Waals surface area contributed by atoms with Gasteiger partial charge in [0.2, 0.25) is 11.0 Å². The van der Waals surface area contributed by atoms with E-state index in [0.717, 1.165) is 22.0 Å². The number of hydrogen-bond donors (Lipinski definition) is 1. The van der Waals surface area contributed by atoms with Gasteiger partial charge in [-0.15, -0.1) is 21.5 Å². The van der Waals surface area contributed by atoms with E-state index in [9.17, 15) is 9.18 Å². The second-order valence-electron chi connectivity index (χ2n) is 5.97. The maximum Gasteiger partial charge on any atom is 0.232 e. The molecule has 2 heterocycles. The number of hydrogen-bond acceptors (Lipinski definition) is 6. The summed E-state index contributed by atoms with van der Waals surface area (Å²) in [6.07, 6.45) is 1.01. The van der Waals surface area contributed by atoms with Gasteiger partial charge in [0, 0.05) is 17.4 Å². The second kappa shape index (κ2) is 7.79. The molecule has 0 aliphatic rings. The normalized spacial score (nSPS) is 11.0. The molecule has 8 heteroatoms. The molecule has 5 nitrogen and oxygen atoms in total. The van der Waals surface area contributed by atoms with Gasteiger partial charge in [-0.2, -0.15) is 0 Å². The van der Waals surface area contributed by atoms with Crippen LogP contribution in [0.25, 0.3) is 10.6 Å². The summed E-state index contributed by atoms with van der Waals surface area (Å²) in [4.78, 5) is 16.6. The number of nitrogens with one attached hydrogen (secondary N) is 1. The van der Waals surface area contributed by atoms with E-state index in [1.165, 1.54) is 34.8 Å². The SMILES string of the molecule is CC(C)Cc1nnc(NC(=O)Cc2csc(-c3ccc(F)cc3)n2)s1. The standard InChI is InChI=1S/C17H17FN4OS2/c1-10(2)7-15-21-22-17(25-15)20-14(23)8-13-9-24-16(19-13)11-3-5-12(18)6-4-11/h3-6,9-10H,7-8H2,1-2H3,(H,20,22,23). The Morgan fingerprint density at radius 1 is 1.24 bits per heavy atom. The number of thiazole rings is 1. The van der Waals surface area contributed by atoms with E-state index in [0.29, 0.717) is 16.7 Å². The lowest BCUT2D eigenvalue weighted by Crippen LogP contribution is -2.14. The fraction of sp³-hybridized carbons (Fsp3) is 0.294. The van der Waals surface area contributed by atoms with Gasteiger partial charge in [0.15, 0.2) is 0 Å². The van der Waals surface area contributed by atoms with Crippen LogP contribution in [-0.4, -0.2) is 21.1 Å². The molecule has 0 atom stereocenters. The molecule has 0 saturated heterocycles. The van der Waals surface area contributed by atoms with Gasteiger partial charge in [0.05, 0.1) is 12.1 Å². The number of halogens is 1. The lowest BCUT2D eigenvalue weighted by molar-refractivity contribution is -0.115. The van der Waals surface area contributed by atoms with Crippen molar-refractivity contribution in [2.24, 2.45) is 5.92 Å². The molecule has 130 valence electrons. The number of rotatable bonds is 6. The minimum atomic E-state index is -0.284. The topological polar surface area (TPSA) is 67.8 Å². The summed E-state index contributed by atoms with van der Waals surface area (Å²) in [6, 6.07) is 6.14. The van der Waals surface area contributed by atoms with Crippen LogP contribution in [0.3, 0.4) is 0 Å². The molecule has 3 rings (SSSR count). The molecule has 3 aromatic rings. The van der Waals surface area contributed by atoms with Crippen LogP contribution in [0.2, 0.25) is 0 Å². The fourth-order valence-electron chi connectivity index (χ4n) is 2.18. The van der Waals surface area contributed by atoms with Crippen molar-refractivity contribution in [3.05, 3.63) is 46.2 Å². The quantitative estimate of drug-likeness (QED) is 0.701. The molecule has 0 radical (unpaired) electrons. The van der Waals surface area contributed by atoms with E-state index < -0.39 is 0 Å². The first-order valence-corrected chi connectivity index (χ1v) is 9.52. The summed E-state index contributed by atoms with van der Waals surface area (Å²) < 4.78 is 13.0. The Morgan fingerprint density at radius 3 is 2.72 bits per heavy atom. The highest BCUT2D eigenvalue weighted by Crippen LogP contribution is 2.24. The van der Waals surface area contributed by atoms with Crippen molar-refractivity contribution in [3.63, 3.8) is 0 Å². The van der Waals surface area contributed by atoms with E-state index in [-0.39, 0.29) is 18.1 Å². The fourth-order valence-corrected chi connectivity index (χ4v) is 3.97. The zero-order valence-corrected chi connectivity index (χ0v) is 15.5. The molecular formula is C17H17FN4OS2. The lowest BCUT2D eigenvalue weighted by atomic mass is 10.1. The highest BCUT2D eigenvalue weighted by molar-refractivity contribution is 7.15. The van der Waals surface area contributed by atoms with E-state index in [1.807, 2.05) is 5.38 Å². The Balaban J connectivity index is 1.60. The highest BCUT2D eigenvalue weighted by Gasteiger charge is 2.12. The zero-order chi connectivity index (χ0) is 17.8. The molecule has 0 unspecified atom stereocenters. The first-order valence-electron chi connectivity index (χ1n) is 7.82. The average molecular weight is 376 g/mol. The molecule has 25 heavy (non-hydrogen) atoms. The van der Waals surface area contributed by atoms with Gasteiger partial charge in [0.1, 0.15) is 15.8 Å². The molecule has 2 aromatic heterocycles. The van der Waals surface area contributed by atoms with Crippen molar-refractivity contribution >= 4 is 33.7 Å². The number of carbonyl (C=O) groups is 1. The Kier molecular flexibility index (Phi) is 5.50. The third kappa shape index (κ3) is 4.90. The lowest BCUT2D eigenvalue weighted by Gasteiger charge is -1.99. The van der Waals surface area contributed by atoms with Crippen LogP contribution in [0.4, 0.5) is 9.52 Å². The predicted octanol–water partition coefficient (Wildman–Crippen LogP) is 4.18. The van der Waals surface area contributed by atoms with Crippen LogP contribution >= 0.6 is 22.7 Å². The highest BCUT2D eigenvalue weighted by atomic mass is 32.1. The van der Waals surface area contributed by atoms with Crippen molar-refractivity contribution in [2.45, 2.75) is 26.7 Å². The van der Waals surface area contributed by atoms with Crippen LogP contribution in [0, 0.1) is 11.7 Å². The zero-order valence-electron chi connectivity index (χ0n) is 13.8. The van der Waals surface area contributed by atoms with Gasteiger partial charge in [-0.25, -0.2) is 9.37 Å². The smallest absolute Gasteiger partial charge is 0.232 e. The van der Waals surface area contributed by atoms with Crippen molar-refractivity contribution in [1.82, 2.24) is 15.2 Å². The summed E-state index contributed by atoms with van der Waals surface area (Å²) in [5, 5.41) is 14.9. The van der Waals surface area contributed by atoms with Gasteiger partial charge in [-0.3, -0.25) is 4.79 Å². The largest absolute Gasteiger partial charge is 0.300 e. The molecule has 0 spiro atoms. The van der Waals surface area contributed by atoms with E-state index in [2.05, 4.69) is 34.3 Å². The molecule has 1 N–H and O–H groups in total. The monoisotopic (exact) mass is 376 g/mol. The van der Waals surface area contributed by atoms with Crippen molar-refractivity contribution in [2.75, 3.05) is 5.32 Å². The number of carbonyl (C=O) groups excluding carboxylic acids is 1. The molecule has 0 aliphatic heterocycles. The minimum absolute atomic E-state index is 0.163. The van der Waals surface area contributed by atoms with Gasteiger partial charge in [-0.05, 0) is 30.2 Å². The second-order valence-corrected chi connectivity index (χ2v) is 7.89. The summed E-state index contributed by atoms with van der Waals surface area (Å²) in [5.74, 6) is 0.0356. The van der Waals surface area contributed by atoms with E-state index in [1.54, 1.807) is 12.1 Å². The van der Waals surface area contributed by atoms with Crippen LogP contribution in [0.5, 0.6) is 0 Å². The van der Waals surface area contributed by atoms with E-state index in [4.69, 9.17) is 0 Å². The number of amides is 1. The van der Waals surface area contributed by atoms with Crippen LogP contribution in [0.15, 0.2) is 29.6 Å². The van der Waals surface area contributed by atoms with Crippen molar-refractivity contribution in [1.29, 1.82) is 0 Å². The molecule has 1 amide bonds. The van der Waals surface area contributed by atoms with Crippen LogP contribution in [-0.2, 0) is 17.6 Å². The Hall–Kier alpha value is -2.19. The maximum absolute atomic E-state index is 13.0. The van der Waals surface area contributed by atoms with Gasteiger partial charge < -0.3 is 5.32 Å². The molecule has 0 bridgehead atoms. The summed E-state index contributed by atoms with van der Waals surface area (Å²) in [6.45, 7) is 4.22. The van der Waals surface area contributed by atoms with Crippen molar-refractivity contribution in [3.8, 4) is 10.6 Å². The number of aromatic nitrogens is 3. The van der Waals surface area contributed by atoms with Crippen LogP contribution < -0.4 is 5.32 Å². The summed E-state index contributed by atoms with van der Waals surface area (Å²) in [5.41, 5.74) is 1.51. The molecular weight excluding hydrogens is 359 g/mol. The van der Waals surface area contributed by atoms with Crippen molar-refractivity contribution < 1.29 is 9.18 Å². The predicted molar refractivity (Wildman–Crippen MR) is 98.3 cm³/mol. The summed E-state index contributed by atoms with van der Waals surface area (Å²) >= 11 is 2.82. The van der Waals surface area contributed by atoms with Gasteiger partial charge in [0.25, 0.3) is 0 Å². The van der Waals surface area contributed by atoms with E-state index >= 15 is 0 Å². The maximum atomic E-state index is 13.0. The van der Waals surface area contributed by atoms with Gasteiger partial charge >= 0.3 is 0 Å². The number of anilines is 1. The summed E-state index contributed by atoms with van der Waals surface area (Å²) in [7, 11) is 0. The third-order valence-electron chi connectivity index (χ3n) is 3.28. The average Bonchev–Trinajstić information content (AvgIpc) is 3.17. The molecule has 1 aromatic carbocycles. The first kappa shape index (κ1) is 17.6. The Morgan fingerprint density at radius 2 is 2.00 bits per heavy atom. The number of nitrogens with zero attached hydrogens (tertiary/aromatic N) is 3. The molecule has 0 fully saturated rings. The number of benzene rings is 1. The molecule has 0 saturated carbocycles. The van der Waals surface area contributed by atoms with Gasteiger partial charge in [-0.1, -0.05) is 25.2 Å². The Bertz CT molecular complexity index is 858. The molecule has 0 aliphatic carbocycles. The first-order chi connectivity index (χ1) is 12.0. The Labute approximate surface area is 153 Å².